The smallest absolute Gasteiger partial charge is 0.244 e. The van der Waals surface area contributed by atoms with Crippen LogP contribution in [-0.2, 0) is 11.2 Å². The van der Waals surface area contributed by atoms with Gasteiger partial charge < -0.3 is 15.0 Å². The van der Waals surface area contributed by atoms with E-state index in [-0.39, 0.29) is 5.91 Å². The van der Waals surface area contributed by atoms with E-state index >= 15 is 0 Å². The van der Waals surface area contributed by atoms with Gasteiger partial charge in [0.1, 0.15) is 5.75 Å². The molecule has 0 saturated heterocycles. The molecule has 0 aliphatic carbocycles. The Balaban J connectivity index is 1.71. The third-order valence-electron chi connectivity index (χ3n) is 4.12. The number of carbonyl (C=O) groups is 1. The molecule has 1 atom stereocenters. The maximum Gasteiger partial charge on any atom is 0.244 e. The van der Waals surface area contributed by atoms with Crippen LogP contribution in [0.4, 0.5) is 11.4 Å². The number of rotatable bonds is 5. The molecule has 1 N–H and O–H groups in total. The number of nitrogens with one attached hydrogen (secondary N) is 1. The van der Waals surface area contributed by atoms with Gasteiger partial charge in [-0.05, 0) is 44.0 Å². The van der Waals surface area contributed by atoms with Gasteiger partial charge in [0, 0.05) is 11.7 Å². The molecule has 0 radical (unpaired) electrons. The lowest BCUT2D eigenvalue weighted by atomic mass is 10.1. The Morgan fingerprint density at radius 3 is 2.78 bits per heavy atom. The third kappa shape index (κ3) is 3.31. The minimum absolute atomic E-state index is 0.0271. The number of benzene rings is 2. The van der Waals surface area contributed by atoms with Crippen LogP contribution in [0.2, 0.25) is 0 Å². The van der Waals surface area contributed by atoms with Crippen molar-refractivity contribution in [2.45, 2.75) is 26.3 Å². The highest BCUT2D eigenvalue weighted by atomic mass is 16.5. The average molecular weight is 310 g/mol. The fraction of sp³-hybridized carbons (Fsp3) is 0.316. The van der Waals surface area contributed by atoms with E-state index in [0.717, 1.165) is 17.8 Å². The lowest BCUT2D eigenvalue weighted by Gasteiger charge is -2.24. The van der Waals surface area contributed by atoms with Gasteiger partial charge in [0.05, 0.1) is 18.8 Å². The predicted molar refractivity (Wildman–Crippen MR) is 93.2 cm³/mol. The van der Waals surface area contributed by atoms with Crippen molar-refractivity contribution in [2.24, 2.45) is 0 Å². The van der Waals surface area contributed by atoms with Gasteiger partial charge in [-0.15, -0.1) is 0 Å². The zero-order valence-corrected chi connectivity index (χ0v) is 13.6. The summed E-state index contributed by atoms with van der Waals surface area (Å²) in [6, 6.07) is 16.1. The fourth-order valence-electron chi connectivity index (χ4n) is 3.07. The van der Waals surface area contributed by atoms with E-state index in [9.17, 15) is 4.79 Å². The first kappa shape index (κ1) is 15.4. The molecule has 2 aromatic rings. The first-order chi connectivity index (χ1) is 11.2. The van der Waals surface area contributed by atoms with Gasteiger partial charge >= 0.3 is 0 Å². The normalized spacial score (nSPS) is 16.1. The number of fused-ring (bicyclic) bond motifs is 1. The molecule has 1 amide bonds. The Labute approximate surface area is 137 Å². The maximum absolute atomic E-state index is 12.5. The summed E-state index contributed by atoms with van der Waals surface area (Å²) in [5, 5.41) is 2.97. The molecule has 120 valence electrons. The van der Waals surface area contributed by atoms with Crippen LogP contribution in [0.15, 0.2) is 48.5 Å². The van der Waals surface area contributed by atoms with Crippen molar-refractivity contribution >= 4 is 17.3 Å². The van der Waals surface area contributed by atoms with Crippen LogP contribution in [0.1, 0.15) is 19.4 Å². The second kappa shape index (κ2) is 6.73. The monoisotopic (exact) mass is 310 g/mol. The zero-order valence-electron chi connectivity index (χ0n) is 13.6. The van der Waals surface area contributed by atoms with Gasteiger partial charge in [0.15, 0.2) is 0 Å². The molecule has 4 heteroatoms. The van der Waals surface area contributed by atoms with Crippen molar-refractivity contribution < 1.29 is 9.53 Å². The Bertz CT molecular complexity index is 699. The predicted octanol–water partition coefficient (Wildman–Crippen LogP) is 3.48. The lowest BCUT2D eigenvalue weighted by molar-refractivity contribution is -0.115. The van der Waals surface area contributed by atoms with Gasteiger partial charge in [0.25, 0.3) is 0 Å². The summed E-state index contributed by atoms with van der Waals surface area (Å²) >= 11 is 0. The summed E-state index contributed by atoms with van der Waals surface area (Å²) in [5.41, 5.74) is 3.19. The summed E-state index contributed by atoms with van der Waals surface area (Å²) in [5.74, 6) is 0.680. The molecule has 0 saturated carbocycles. The van der Waals surface area contributed by atoms with E-state index in [1.807, 2.05) is 43.3 Å². The van der Waals surface area contributed by atoms with Crippen molar-refractivity contribution in [1.82, 2.24) is 0 Å². The zero-order chi connectivity index (χ0) is 16.2. The van der Waals surface area contributed by atoms with Gasteiger partial charge in [-0.1, -0.05) is 30.3 Å². The summed E-state index contributed by atoms with van der Waals surface area (Å²) < 4.78 is 5.56. The molecule has 0 unspecified atom stereocenters. The minimum Gasteiger partial charge on any atom is -0.492 e. The standard InChI is InChI=1S/C19H22N2O2/c1-3-23-18-11-7-5-9-16(18)20-19(22)13-21-14(2)12-15-8-4-6-10-17(15)21/h4-11,14H,3,12-13H2,1-2H3,(H,20,22)/t14-/m0/s1. The van der Waals surface area contributed by atoms with E-state index in [4.69, 9.17) is 4.74 Å². The maximum atomic E-state index is 12.5. The fourth-order valence-corrected chi connectivity index (χ4v) is 3.07. The highest BCUT2D eigenvalue weighted by Gasteiger charge is 2.27. The number of anilines is 2. The SMILES string of the molecule is CCOc1ccccc1NC(=O)CN1c2ccccc2C[C@@H]1C. The Hall–Kier alpha value is -2.49. The van der Waals surface area contributed by atoms with Gasteiger partial charge in [-0.3, -0.25) is 4.79 Å². The average Bonchev–Trinajstić information content (AvgIpc) is 2.85. The molecule has 2 aromatic carbocycles. The molecular weight excluding hydrogens is 288 g/mol. The van der Waals surface area contributed by atoms with Crippen LogP contribution in [0.25, 0.3) is 0 Å². The molecule has 0 spiro atoms. The van der Waals surface area contributed by atoms with Gasteiger partial charge in [-0.25, -0.2) is 0 Å². The summed E-state index contributed by atoms with van der Waals surface area (Å²) in [4.78, 5) is 14.6. The highest BCUT2D eigenvalue weighted by Crippen LogP contribution is 2.31. The first-order valence-corrected chi connectivity index (χ1v) is 8.05. The topological polar surface area (TPSA) is 41.6 Å². The van der Waals surface area contributed by atoms with E-state index in [2.05, 4.69) is 29.3 Å². The van der Waals surface area contributed by atoms with Crippen LogP contribution in [0, 0.1) is 0 Å². The van der Waals surface area contributed by atoms with Crippen molar-refractivity contribution in [3.05, 3.63) is 54.1 Å². The van der Waals surface area contributed by atoms with Crippen LogP contribution in [0.3, 0.4) is 0 Å². The molecule has 1 heterocycles. The Morgan fingerprint density at radius 2 is 1.96 bits per heavy atom. The lowest BCUT2D eigenvalue weighted by Crippen LogP contribution is -2.37. The second-order valence-corrected chi connectivity index (χ2v) is 5.79. The van der Waals surface area contributed by atoms with Crippen LogP contribution in [-0.4, -0.2) is 25.1 Å². The van der Waals surface area contributed by atoms with Crippen LogP contribution >= 0.6 is 0 Å². The number of hydrogen-bond acceptors (Lipinski definition) is 3. The van der Waals surface area contributed by atoms with E-state index in [0.29, 0.717) is 24.9 Å². The van der Waals surface area contributed by atoms with Crippen molar-refractivity contribution in [3.63, 3.8) is 0 Å². The van der Waals surface area contributed by atoms with Crippen LogP contribution < -0.4 is 15.0 Å². The number of ether oxygens (including phenoxy) is 1. The molecule has 1 aliphatic heterocycles. The molecular formula is C19H22N2O2. The first-order valence-electron chi connectivity index (χ1n) is 8.05. The third-order valence-corrected chi connectivity index (χ3v) is 4.12. The number of nitrogens with zero attached hydrogens (tertiary/aromatic N) is 1. The summed E-state index contributed by atoms with van der Waals surface area (Å²) in [6.07, 6.45) is 0.985. The van der Waals surface area contributed by atoms with Gasteiger partial charge in [-0.2, -0.15) is 0 Å². The number of para-hydroxylation sites is 3. The number of carbonyl (C=O) groups excluding carboxylic acids is 1. The van der Waals surface area contributed by atoms with E-state index in [1.165, 1.54) is 5.56 Å². The molecule has 23 heavy (non-hydrogen) atoms. The van der Waals surface area contributed by atoms with Crippen molar-refractivity contribution in [3.8, 4) is 5.75 Å². The minimum atomic E-state index is -0.0271. The Kier molecular flexibility index (Phi) is 4.51. The van der Waals surface area contributed by atoms with Gasteiger partial charge in [0.2, 0.25) is 5.91 Å². The van der Waals surface area contributed by atoms with Crippen molar-refractivity contribution in [1.29, 1.82) is 0 Å². The molecule has 4 nitrogen and oxygen atoms in total. The Morgan fingerprint density at radius 1 is 1.22 bits per heavy atom. The van der Waals surface area contributed by atoms with E-state index in [1.54, 1.807) is 0 Å². The number of hydrogen-bond donors (Lipinski definition) is 1. The molecule has 1 aliphatic rings. The number of amides is 1. The van der Waals surface area contributed by atoms with Crippen molar-refractivity contribution in [2.75, 3.05) is 23.4 Å². The molecule has 0 fully saturated rings. The van der Waals surface area contributed by atoms with E-state index < -0.39 is 0 Å². The highest BCUT2D eigenvalue weighted by molar-refractivity contribution is 5.95. The summed E-state index contributed by atoms with van der Waals surface area (Å²) in [7, 11) is 0. The molecule has 0 bridgehead atoms. The molecule has 0 aromatic heterocycles. The van der Waals surface area contributed by atoms with Crippen LogP contribution in [0.5, 0.6) is 5.75 Å². The quantitative estimate of drug-likeness (QED) is 0.919. The second-order valence-electron chi connectivity index (χ2n) is 5.79. The largest absolute Gasteiger partial charge is 0.492 e. The molecule has 3 rings (SSSR count). The summed E-state index contributed by atoms with van der Waals surface area (Å²) in [6.45, 7) is 5.00.